The van der Waals surface area contributed by atoms with E-state index >= 15 is 0 Å². The van der Waals surface area contributed by atoms with E-state index in [4.69, 9.17) is 9.88 Å². The lowest BCUT2D eigenvalue weighted by Crippen LogP contribution is -2.42. The van der Waals surface area contributed by atoms with Crippen LogP contribution < -0.4 is 15.2 Å². The number of aryl methyl sites for hydroxylation is 1. The number of primary sulfonamides is 1. The summed E-state index contributed by atoms with van der Waals surface area (Å²) in [5.41, 5.74) is -0.525. The molecular formula is C17H19FN2O4S. The van der Waals surface area contributed by atoms with Gasteiger partial charge >= 0.3 is 0 Å². The molecule has 0 aliphatic heterocycles. The van der Waals surface area contributed by atoms with Crippen LogP contribution in [0.1, 0.15) is 19.4 Å². The number of rotatable bonds is 5. The summed E-state index contributed by atoms with van der Waals surface area (Å²) in [5.74, 6) is -0.582. The molecule has 0 unspecified atom stereocenters. The molecule has 1 amide bonds. The Bertz CT molecular complexity index is 893. The number of nitrogens with one attached hydrogen (secondary N) is 1. The Morgan fingerprint density at radius 2 is 1.76 bits per heavy atom. The highest BCUT2D eigenvalue weighted by molar-refractivity contribution is 7.89. The van der Waals surface area contributed by atoms with Gasteiger partial charge in [-0.25, -0.2) is 17.9 Å². The highest BCUT2D eigenvalue weighted by Gasteiger charge is 2.30. The Labute approximate surface area is 145 Å². The first-order valence-corrected chi connectivity index (χ1v) is 8.93. The van der Waals surface area contributed by atoms with Gasteiger partial charge in [0.2, 0.25) is 10.0 Å². The van der Waals surface area contributed by atoms with Gasteiger partial charge in [-0.05, 0) is 62.7 Å². The number of halogens is 1. The molecule has 25 heavy (non-hydrogen) atoms. The Morgan fingerprint density at radius 3 is 2.32 bits per heavy atom. The first-order chi connectivity index (χ1) is 11.5. The van der Waals surface area contributed by atoms with Crippen LogP contribution in [0.4, 0.5) is 10.1 Å². The molecule has 2 aromatic carbocycles. The highest BCUT2D eigenvalue weighted by Crippen LogP contribution is 2.23. The molecule has 2 rings (SSSR count). The van der Waals surface area contributed by atoms with Crippen LogP contribution in [-0.2, 0) is 14.8 Å². The van der Waals surface area contributed by atoms with E-state index in [1.54, 1.807) is 32.9 Å². The van der Waals surface area contributed by atoms with E-state index in [9.17, 15) is 17.6 Å². The van der Waals surface area contributed by atoms with Crippen LogP contribution >= 0.6 is 0 Å². The molecule has 0 bridgehead atoms. The van der Waals surface area contributed by atoms with Crippen LogP contribution in [0, 0.1) is 12.7 Å². The van der Waals surface area contributed by atoms with Crippen molar-refractivity contribution in [2.75, 3.05) is 5.32 Å². The normalized spacial score (nSPS) is 11.9. The van der Waals surface area contributed by atoms with Crippen LogP contribution in [0.15, 0.2) is 47.4 Å². The summed E-state index contributed by atoms with van der Waals surface area (Å²) in [6.45, 7) is 4.69. The van der Waals surface area contributed by atoms with Crippen molar-refractivity contribution in [2.24, 2.45) is 5.14 Å². The van der Waals surface area contributed by atoms with Gasteiger partial charge in [-0.3, -0.25) is 4.79 Å². The lowest BCUT2D eigenvalue weighted by Gasteiger charge is -2.25. The maximum absolute atomic E-state index is 12.9. The summed E-state index contributed by atoms with van der Waals surface area (Å²) in [4.78, 5) is 12.4. The molecule has 0 saturated carbocycles. The molecule has 3 N–H and O–H groups in total. The number of carbonyl (C=O) groups is 1. The van der Waals surface area contributed by atoms with Gasteiger partial charge < -0.3 is 10.1 Å². The average molecular weight is 366 g/mol. The molecule has 0 aliphatic rings. The van der Waals surface area contributed by atoms with Crippen LogP contribution in [0.2, 0.25) is 0 Å². The first-order valence-electron chi connectivity index (χ1n) is 7.38. The SMILES string of the molecule is Cc1ccc(NC(=O)C(C)(C)Oc2ccc(F)cc2)cc1S(N)(=O)=O. The number of amides is 1. The molecule has 0 spiro atoms. The van der Waals surface area contributed by atoms with E-state index in [1.165, 1.54) is 30.3 Å². The summed E-state index contributed by atoms with van der Waals surface area (Å²) >= 11 is 0. The zero-order valence-corrected chi connectivity index (χ0v) is 14.9. The van der Waals surface area contributed by atoms with Crippen molar-refractivity contribution in [3.05, 3.63) is 53.8 Å². The number of ether oxygens (including phenoxy) is 1. The first kappa shape index (κ1) is 18.9. The largest absolute Gasteiger partial charge is 0.478 e. The monoisotopic (exact) mass is 366 g/mol. The molecule has 0 aromatic heterocycles. The molecule has 0 radical (unpaired) electrons. The molecule has 6 nitrogen and oxygen atoms in total. The molecule has 8 heteroatoms. The number of sulfonamides is 1. The fraction of sp³-hybridized carbons (Fsp3) is 0.235. The van der Waals surface area contributed by atoms with Gasteiger partial charge in [0.05, 0.1) is 4.90 Å². The van der Waals surface area contributed by atoms with E-state index in [1.807, 2.05) is 0 Å². The maximum Gasteiger partial charge on any atom is 0.267 e. The number of nitrogens with two attached hydrogens (primary N) is 1. The van der Waals surface area contributed by atoms with Crippen molar-refractivity contribution >= 4 is 21.6 Å². The number of carbonyl (C=O) groups excluding carboxylic acids is 1. The van der Waals surface area contributed by atoms with Crippen molar-refractivity contribution < 1.29 is 22.3 Å². The minimum Gasteiger partial charge on any atom is -0.478 e. The average Bonchev–Trinajstić information content (AvgIpc) is 2.50. The van der Waals surface area contributed by atoms with Crippen molar-refractivity contribution in [3.8, 4) is 5.75 Å². The van der Waals surface area contributed by atoms with Gasteiger partial charge in [0, 0.05) is 5.69 Å². The van der Waals surface area contributed by atoms with Gasteiger partial charge in [0.25, 0.3) is 5.91 Å². The second-order valence-corrected chi connectivity index (χ2v) is 7.58. The second-order valence-electron chi connectivity index (χ2n) is 6.05. The van der Waals surface area contributed by atoms with Crippen LogP contribution in [-0.4, -0.2) is 19.9 Å². The molecule has 0 atom stereocenters. The zero-order valence-electron chi connectivity index (χ0n) is 14.0. The molecule has 0 fully saturated rings. The van der Waals surface area contributed by atoms with Gasteiger partial charge in [-0.1, -0.05) is 6.07 Å². The summed E-state index contributed by atoms with van der Waals surface area (Å²) in [6.07, 6.45) is 0. The number of hydrogen-bond acceptors (Lipinski definition) is 4. The summed E-state index contributed by atoms with van der Waals surface area (Å²) in [5, 5.41) is 7.76. The molecule has 2 aromatic rings. The summed E-state index contributed by atoms with van der Waals surface area (Å²) < 4.78 is 41.7. The van der Waals surface area contributed by atoms with Gasteiger partial charge in [-0.15, -0.1) is 0 Å². The minimum absolute atomic E-state index is 0.0671. The second kappa shape index (κ2) is 6.81. The predicted octanol–water partition coefficient (Wildman–Crippen LogP) is 2.58. The van der Waals surface area contributed by atoms with Crippen LogP contribution in [0.3, 0.4) is 0 Å². The van der Waals surface area contributed by atoms with Crippen LogP contribution in [0.5, 0.6) is 5.75 Å². The predicted molar refractivity (Wildman–Crippen MR) is 92.3 cm³/mol. The Hall–Kier alpha value is -2.45. The van der Waals surface area contributed by atoms with E-state index < -0.39 is 27.3 Å². The molecular weight excluding hydrogens is 347 g/mol. The van der Waals surface area contributed by atoms with Gasteiger partial charge in [0.15, 0.2) is 5.60 Å². The van der Waals surface area contributed by atoms with E-state index in [0.717, 1.165) is 0 Å². The van der Waals surface area contributed by atoms with E-state index in [0.29, 0.717) is 11.3 Å². The Kier molecular flexibility index (Phi) is 5.15. The van der Waals surface area contributed by atoms with E-state index in [-0.39, 0.29) is 10.6 Å². The number of hydrogen-bond donors (Lipinski definition) is 2. The number of anilines is 1. The molecule has 0 saturated heterocycles. The van der Waals surface area contributed by atoms with Gasteiger partial charge in [0.1, 0.15) is 11.6 Å². The van der Waals surface area contributed by atoms with Crippen LogP contribution in [0.25, 0.3) is 0 Å². The maximum atomic E-state index is 12.9. The van der Waals surface area contributed by atoms with Crippen molar-refractivity contribution in [1.82, 2.24) is 0 Å². The van der Waals surface area contributed by atoms with Gasteiger partial charge in [-0.2, -0.15) is 0 Å². The highest BCUT2D eigenvalue weighted by atomic mass is 32.2. The number of benzene rings is 2. The lowest BCUT2D eigenvalue weighted by molar-refractivity contribution is -0.128. The summed E-state index contributed by atoms with van der Waals surface area (Å²) in [7, 11) is -3.90. The minimum atomic E-state index is -3.90. The third-order valence-corrected chi connectivity index (χ3v) is 4.54. The standard InChI is InChI=1S/C17H19FN2O4S/c1-11-4-7-13(10-15(11)25(19,22)23)20-16(21)17(2,3)24-14-8-5-12(18)6-9-14/h4-10H,1-3H3,(H,20,21)(H2,19,22,23). The third-order valence-electron chi connectivity index (χ3n) is 3.49. The fourth-order valence-corrected chi connectivity index (χ4v) is 2.92. The lowest BCUT2D eigenvalue weighted by atomic mass is 10.1. The summed E-state index contributed by atoms with van der Waals surface area (Å²) in [6, 6.07) is 9.67. The quantitative estimate of drug-likeness (QED) is 0.850. The Morgan fingerprint density at radius 1 is 1.16 bits per heavy atom. The zero-order chi connectivity index (χ0) is 18.8. The topological polar surface area (TPSA) is 98.5 Å². The van der Waals surface area contributed by atoms with Crippen molar-refractivity contribution in [3.63, 3.8) is 0 Å². The smallest absolute Gasteiger partial charge is 0.267 e. The molecule has 0 aliphatic carbocycles. The van der Waals surface area contributed by atoms with Crippen molar-refractivity contribution in [2.45, 2.75) is 31.3 Å². The Balaban J connectivity index is 2.19. The third kappa shape index (κ3) is 4.77. The van der Waals surface area contributed by atoms with E-state index in [2.05, 4.69) is 5.32 Å². The molecule has 134 valence electrons. The molecule has 0 heterocycles. The van der Waals surface area contributed by atoms with Crippen molar-refractivity contribution in [1.29, 1.82) is 0 Å². The fourth-order valence-electron chi connectivity index (χ4n) is 2.11.